The summed E-state index contributed by atoms with van der Waals surface area (Å²) in [5.41, 5.74) is 0.105. The molecule has 1 saturated heterocycles. The molecule has 9 heteroatoms. The van der Waals surface area contributed by atoms with Crippen LogP contribution in [0.25, 0.3) is 0 Å². The SMILES string of the molecule is O=C(CSC(=S)N1CCCC1)Nc1cc([N+](=O)[O-])ccc1Cl. The molecule has 1 aromatic rings. The van der Waals surface area contributed by atoms with Crippen molar-refractivity contribution in [2.45, 2.75) is 12.8 Å². The monoisotopic (exact) mass is 359 g/mol. The van der Waals surface area contributed by atoms with Gasteiger partial charge in [0.2, 0.25) is 5.91 Å². The molecule has 1 aromatic carbocycles. The average molecular weight is 360 g/mol. The van der Waals surface area contributed by atoms with E-state index in [0.717, 1.165) is 25.9 Å². The third-order valence-corrected chi connectivity index (χ3v) is 4.98. The van der Waals surface area contributed by atoms with Gasteiger partial charge in [-0.3, -0.25) is 14.9 Å². The van der Waals surface area contributed by atoms with Gasteiger partial charge in [0.1, 0.15) is 4.32 Å². The topological polar surface area (TPSA) is 75.5 Å². The van der Waals surface area contributed by atoms with Crippen LogP contribution in [-0.4, -0.2) is 38.9 Å². The van der Waals surface area contributed by atoms with Gasteiger partial charge in [-0.2, -0.15) is 0 Å². The predicted molar refractivity (Wildman–Crippen MR) is 92.6 cm³/mol. The lowest BCUT2D eigenvalue weighted by Crippen LogP contribution is -2.25. The van der Waals surface area contributed by atoms with Crippen LogP contribution in [0.1, 0.15) is 12.8 Å². The van der Waals surface area contributed by atoms with E-state index in [2.05, 4.69) is 10.2 Å². The van der Waals surface area contributed by atoms with E-state index >= 15 is 0 Å². The second-order valence-corrected chi connectivity index (χ2v) is 6.73. The van der Waals surface area contributed by atoms with E-state index in [1.165, 1.54) is 30.0 Å². The molecule has 1 fully saturated rings. The van der Waals surface area contributed by atoms with Crippen molar-refractivity contribution >= 4 is 57.2 Å². The first-order chi connectivity index (χ1) is 10.5. The van der Waals surface area contributed by atoms with Gasteiger partial charge >= 0.3 is 0 Å². The summed E-state index contributed by atoms with van der Waals surface area (Å²) in [5, 5.41) is 13.6. The van der Waals surface area contributed by atoms with Gasteiger partial charge in [-0.25, -0.2) is 0 Å². The van der Waals surface area contributed by atoms with E-state index in [4.69, 9.17) is 23.8 Å². The highest BCUT2D eigenvalue weighted by atomic mass is 35.5. The molecule has 0 aromatic heterocycles. The number of thioether (sulfide) groups is 1. The second-order valence-electron chi connectivity index (χ2n) is 4.72. The summed E-state index contributed by atoms with van der Waals surface area (Å²) in [6.07, 6.45) is 2.24. The molecule has 0 unspecified atom stereocenters. The molecule has 0 aliphatic carbocycles. The summed E-state index contributed by atoms with van der Waals surface area (Å²) in [7, 11) is 0. The van der Waals surface area contributed by atoms with Crippen LogP contribution in [-0.2, 0) is 4.79 Å². The summed E-state index contributed by atoms with van der Waals surface area (Å²) in [6, 6.07) is 3.91. The first-order valence-electron chi connectivity index (χ1n) is 6.63. The Labute approximate surface area is 142 Å². The third kappa shape index (κ3) is 4.56. The van der Waals surface area contributed by atoms with Crippen molar-refractivity contribution in [1.29, 1.82) is 0 Å². The van der Waals surface area contributed by atoms with Gasteiger partial charge in [0.25, 0.3) is 5.69 Å². The fraction of sp³-hybridized carbons (Fsp3) is 0.385. The van der Waals surface area contributed by atoms with E-state index in [1.807, 2.05) is 0 Å². The molecule has 2 rings (SSSR count). The molecule has 1 heterocycles. The number of non-ortho nitro benzene ring substituents is 1. The lowest BCUT2D eigenvalue weighted by molar-refractivity contribution is -0.384. The smallest absolute Gasteiger partial charge is 0.271 e. The van der Waals surface area contributed by atoms with Gasteiger partial charge in [-0.05, 0) is 18.9 Å². The molecule has 0 saturated carbocycles. The predicted octanol–water partition coefficient (Wildman–Crippen LogP) is 3.30. The minimum Gasteiger partial charge on any atom is -0.358 e. The van der Waals surface area contributed by atoms with Crippen LogP contribution in [0.4, 0.5) is 11.4 Å². The second kappa shape index (κ2) is 7.75. The fourth-order valence-corrected chi connectivity index (χ4v) is 3.24. The minimum absolute atomic E-state index is 0.125. The number of thiocarbonyl (C=S) groups is 1. The van der Waals surface area contributed by atoms with Crippen molar-refractivity contribution in [2.24, 2.45) is 0 Å². The summed E-state index contributed by atoms with van der Waals surface area (Å²) in [6.45, 7) is 1.87. The largest absolute Gasteiger partial charge is 0.358 e. The Hall–Kier alpha value is -1.38. The van der Waals surface area contributed by atoms with Gasteiger partial charge in [0.05, 0.1) is 21.4 Å². The van der Waals surface area contributed by atoms with Gasteiger partial charge in [0.15, 0.2) is 0 Å². The van der Waals surface area contributed by atoms with E-state index in [9.17, 15) is 14.9 Å². The molecule has 0 radical (unpaired) electrons. The number of hydrogen-bond acceptors (Lipinski definition) is 5. The molecule has 6 nitrogen and oxygen atoms in total. The van der Waals surface area contributed by atoms with Crippen LogP contribution in [0.3, 0.4) is 0 Å². The van der Waals surface area contributed by atoms with Crippen molar-refractivity contribution < 1.29 is 9.72 Å². The maximum atomic E-state index is 11.9. The highest BCUT2D eigenvalue weighted by Crippen LogP contribution is 2.27. The zero-order valence-electron chi connectivity index (χ0n) is 11.6. The van der Waals surface area contributed by atoms with Crippen molar-refractivity contribution in [1.82, 2.24) is 4.90 Å². The number of carbonyl (C=O) groups excluding carboxylic acids is 1. The Morgan fingerprint density at radius 3 is 2.77 bits per heavy atom. The normalized spacial score (nSPS) is 14.0. The lowest BCUT2D eigenvalue weighted by Gasteiger charge is -2.17. The van der Waals surface area contributed by atoms with Crippen molar-refractivity contribution in [3.63, 3.8) is 0 Å². The molecule has 0 atom stereocenters. The van der Waals surface area contributed by atoms with Crippen molar-refractivity contribution in [3.05, 3.63) is 33.3 Å². The Bertz CT molecular complexity index is 606. The molecule has 0 spiro atoms. The first kappa shape index (κ1) is 17.0. The van der Waals surface area contributed by atoms with E-state index in [0.29, 0.717) is 4.32 Å². The molecule has 1 aliphatic heterocycles. The fourth-order valence-electron chi connectivity index (χ4n) is 2.03. The quantitative estimate of drug-likeness (QED) is 0.505. The van der Waals surface area contributed by atoms with Gasteiger partial charge in [-0.15, -0.1) is 0 Å². The first-order valence-corrected chi connectivity index (χ1v) is 8.40. The number of amides is 1. The molecule has 22 heavy (non-hydrogen) atoms. The molecule has 1 aliphatic rings. The molecule has 1 amide bonds. The molecular formula is C13H14ClN3O3S2. The van der Waals surface area contributed by atoms with Gasteiger partial charge in [0, 0.05) is 25.2 Å². The summed E-state index contributed by atoms with van der Waals surface area (Å²) >= 11 is 12.5. The summed E-state index contributed by atoms with van der Waals surface area (Å²) in [4.78, 5) is 24.2. The van der Waals surface area contributed by atoms with Crippen LogP contribution in [0.5, 0.6) is 0 Å². The van der Waals surface area contributed by atoms with Crippen LogP contribution < -0.4 is 5.32 Å². The zero-order valence-corrected chi connectivity index (χ0v) is 14.0. The number of nitro benzene ring substituents is 1. The summed E-state index contributed by atoms with van der Waals surface area (Å²) < 4.78 is 0.706. The molecule has 0 bridgehead atoms. The number of rotatable bonds is 4. The van der Waals surface area contributed by atoms with Crippen LogP contribution in [0, 0.1) is 10.1 Å². The number of carbonyl (C=O) groups is 1. The number of nitro groups is 1. The van der Waals surface area contributed by atoms with Crippen LogP contribution >= 0.6 is 35.6 Å². The number of likely N-dealkylation sites (tertiary alicyclic amines) is 1. The zero-order chi connectivity index (χ0) is 16.1. The molecular weight excluding hydrogens is 346 g/mol. The minimum atomic E-state index is -0.538. The molecule has 1 N–H and O–H groups in total. The number of halogens is 1. The van der Waals surface area contributed by atoms with Gasteiger partial charge in [-0.1, -0.05) is 35.6 Å². The van der Waals surface area contributed by atoms with E-state index < -0.39 is 4.92 Å². The maximum absolute atomic E-state index is 11.9. The van der Waals surface area contributed by atoms with Crippen LogP contribution in [0.15, 0.2) is 18.2 Å². The van der Waals surface area contributed by atoms with Crippen molar-refractivity contribution in [2.75, 3.05) is 24.2 Å². The lowest BCUT2D eigenvalue weighted by atomic mass is 10.3. The number of hydrogen-bond donors (Lipinski definition) is 1. The Balaban J connectivity index is 1.90. The number of nitrogens with zero attached hydrogens (tertiary/aromatic N) is 2. The van der Waals surface area contributed by atoms with Crippen LogP contribution in [0.2, 0.25) is 5.02 Å². The third-order valence-electron chi connectivity index (χ3n) is 3.13. The Morgan fingerprint density at radius 2 is 2.14 bits per heavy atom. The Kier molecular flexibility index (Phi) is 5.98. The number of anilines is 1. The highest BCUT2D eigenvalue weighted by Gasteiger charge is 2.17. The van der Waals surface area contributed by atoms with Gasteiger partial charge < -0.3 is 10.2 Å². The standard InChI is InChI=1S/C13H14ClN3O3S2/c14-10-4-3-9(17(19)20)7-11(10)15-12(18)8-22-13(21)16-5-1-2-6-16/h3-4,7H,1-2,5-6,8H2,(H,15,18). The average Bonchev–Trinajstić information content (AvgIpc) is 3.01. The van der Waals surface area contributed by atoms with Crippen molar-refractivity contribution in [3.8, 4) is 0 Å². The maximum Gasteiger partial charge on any atom is 0.271 e. The number of benzene rings is 1. The molecule has 118 valence electrons. The van der Waals surface area contributed by atoms with E-state index in [1.54, 1.807) is 0 Å². The Morgan fingerprint density at radius 1 is 1.45 bits per heavy atom. The highest BCUT2D eigenvalue weighted by molar-refractivity contribution is 8.23. The summed E-state index contributed by atoms with van der Waals surface area (Å²) in [5.74, 6) is -0.150. The van der Waals surface area contributed by atoms with E-state index in [-0.39, 0.29) is 28.1 Å². The number of nitrogens with one attached hydrogen (secondary N) is 1.